The van der Waals surface area contributed by atoms with Crippen molar-refractivity contribution in [2.75, 3.05) is 6.61 Å². The van der Waals surface area contributed by atoms with Gasteiger partial charge in [-0.15, -0.1) is 0 Å². The Morgan fingerprint density at radius 1 is 1.14 bits per heavy atom. The molecule has 0 bridgehead atoms. The number of aromatic carboxylic acids is 1. The van der Waals surface area contributed by atoms with Crippen LogP contribution in [0.15, 0.2) is 48.5 Å². The van der Waals surface area contributed by atoms with Crippen LogP contribution in [0.5, 0.6) is 5.75 Å². The molecule has 2 rings (SSSR count). The Hall–Kier alpha value is -3.13. The Bertz CT molecular complexity index is 746. The van der Waals surface area contributed by atoms with E-state index in [-0.39, 0.29) is 24.4 Å². The van der Waals surface area contributed by atoms with E-state index in [1.54, 1.807) is 36.4 Å². The molecule has 5 heteroatoms. The fourth-order valence-corrected chi connectivity index (χ4v) is 1.91. The molecule has 0 saturated carbocycles. The molecule has 1 N–H and O–H groups in total. The van der Waals surface area contributed by atoms with Crippen LogP contribution in [0, 0.1) is 11.3 Å². The quantitative estimate of drug-likeness (QED) is 0.884. The van der Waals surface area contributed by atoms with Crippen LogP contribution < -0.4 is 4.74 Å². The summed E-state index contributed by atoms with van der Waals surface area (Å²) in [5.74, 6) is -0.875. The number of carbonyl (C=O) groups is 2. The summed E-state index contributed by atoms with van der Waals surface area (Å²) in [5.41, 5.74) is 1.35. The largest absolute Gasteiger partial charge is 0.486 e. The average Bonchev–Trinajstić information content (AvgIpc) is 2.53. The summed E-state index contributed by atoms with van der Waals surface area (Å²) in [7, 11) is 0. The van der Waals surface area contributed by atoms with Crippen LogP contribution in [0.4, 0.5) is 0 Å². The highest BCUT2D eigenvalue weighted by atomic mass is 16.5. The van der Waals surface area contributed by atoms with Crippen molar-refractivity contribution in [2.24, 2.45) is 0 Å². The number of hydrogen-bond donors (Lipinski definition) is 1. The molecule has 5 nitrogen and oxygen atoms in total. The van der Waals surface area contributed by atoms with Crippen LogP contribution in [0.25, 0.3) is 0 Å². The van der Waals surface area contributed by atoms with Gasteiger partial charge in [-0.2, -0.15) is 5.26 Å². The van der Waals surface area contributed by atoms with Gasteiger partial charge in [-0.05, 0) is 35.9 Å². The van der Waals surface area contributed by atoms with E-state index in [1.807, 2.05) is 6.07 Å². The Morgan fingerprint density at radius 3 is 2.64 bits per heavy atom. The number of ether oxygens (including phenoxy) is 1. The Morgan fingerprint density at radius 2 is 1.91 bits per heavy atom. The van der Waals surface area contributed by atoms with E-state index in [0.717, 1.165) is 5.56 Å². The molecule has 0 aliphatic rings. The van der Waals surface area contributed by atoms with E-state index in [9.17, 15) is 9.59 Å². The molecule has 0 amide bonds. The zero-order valence-corrected chi connectivity index (χ0v) is 11.7. The highest BCUT2D eigenvalue weighted by Crippen LogP contribution is 2.13. The lowest BCUT2D eigenvalue weighted by molar-refractivity contribution is -0.120. The minimum atomic E-state index is -1.05. The van der Waals surface area contributed by atoms with Gasteiger partial charge in [0, 0.05) is 6.42 Å². The van der Waals surface area contributed by atoms with Gasteiger partial charge >= 0.3 is 5.97 Å². The monoisotopic (exact) mass is 295 g/mol. The van der Waals surface area contributed by atoms with Gasteiger partial charge in [0.25, 0.3) is 0 Å². The van der Waals surface area contributed by atoms with Crippen molar-refractivity contribution >= 4 is 11.8 Å². The first-order chi connectivity index (χ1) is 10.6. The van der Waals surface area contributed by atoms with Gasteiger partial charge in [-0.1, -0.05) is 18.2 Å². The van der Waals surface area contributed by atoms with E-state index in [4.69, 9.17) is 15.1 Å². The zero-order valence-electron chi connectivity index (χ0n) is 11.7. The molecule has 0 aromatic heterocycles. The third kappa shape index (κ3) is 4.18. The smallest absolute Gasteiger partial charge is 0.335 e. The molecule has 0 aliphatic carbocycles. The topological polar surface area (TPSA) is 87.4 Å². The van der Waals surface area contributed by atoms with Crippen molar-refractivity contribution in [1.82, 2.24) is 0 Å². The summed E-state index contributed by atoms with van der Waals surface area (Å²) in [5, 5.41) is 17.7. The lowest BCUT2D eigenvalue weighted by atomic mass is 10.1. The maximum absolute atomic E-state index is 11.9. The highest BCUT2D eigenvalue weighted by Gasteiger charge is 2.08. The third-order valence-corrected chi connectivity index (χ3v) is 2.94. The molecule has 0 radical (unpaired) electrons. The van der Waals surface area contributed by atoms with Crippen molar-refractivity contribution in [3.63, 3.8) is 0 Å². The summed E-state index contributed by atoms with van der Waals surface area (Å²) in [6.07, 6.45) is 0.161. The molecule has 0 fully saturated rings. The number of ketones is 1. The number of Topliss-reactive ketones (excluding diaryl/α,β-unsaturated/α-hetero) is 1. The summed E-state index contributed by atoms with van der Waals surface area (Å²) in [6, 6.07) is 14.8. The number of benzene rings is 2. The molecule has 2 aromatic rings. The predicted octanol–water partition coefficient (Wildman–Crippen LogP) is 2.45. The molecule has 110 valence electrons. The van der Waals surface area contributed by atoms with E-state index in [2.05, 4.69) is 0 Å². The molecule has 0 unspecified atom stereocenters. The Balaban J connectivity index is 1.94. The molecule has 0 atom stereocenters. The summed E-state index contributed by atoms with van der Waals surface area (Å²) in [6.45, 7) is -0.153. The number of rotatable bonds is 6. The maximum Gasteiger partial charge on any atom is 0.335 e. The molecular formula is C17H13NO4. The lowest BCUT2D eigenvalue weighted by Gasteiger charge is -2.06. The first kappa shape index (κ1) is 15.3. The van der Waals surface area contributed by atoms with Gasteiger partial charge in [0.1, 0.15) is 12.4 Å². The van der Waals surface area contributed by atoms with Gasteiger partial charge in [-0.3, -0.25) is 4.79 Å². The second-order valence-electron chi connectivity index (χ2n) is 4.65. The van der Waals surface area contributed by atoms with Crippen LogP contribution >= 0.6 is 0 Å². The number of nitrogens with zero attached hydrogens (tertiary/aromatic N) is 1. The number of hydrogen-bond acceptors (Lipinski definition) is 4. The molecule has 22 heavy (non-hydrogen) atoms. The normalized spacial score (nSPS) is 9.77. The predicted molar refractivity (Wildman–Crippen MR) is 78.8 cm³/mol. The van der Waals surface area contributed by atoms with Crippen molar-refractivity contribution in [3.05, 3.63) is 65.2 Å². The number of carboxylic acids is 1. The fraction of sp³-hybridized carbons (Fsp3) is 0.118. The molecule has 0 spiro atoms. The number of carbonyl (C=O) groups excluding carboxylic acids is 1. The molecule has 0 saturated heterocycles. The first-order valence-electron chi connectivity index (χ1n) is 6.55. The van der Waals surface area contributed by atoms with Crippen molar-refractivity contribution in [3.8, 4) is 11.8 Å². The van der Waals surface area contributed by atoms with Crippen molar-refractivity contribution in [1.29, 1.82) is 5.26 Å². The minimum Gasteiger partial charge on any atom is -0.486 e. The fourth-order valence-electron chi connectivity index (χ4n) is 1.91. The number of nitriles is 1. The lowest BCUT2D eigenvalue weighted by Crippen LogP contribution is -2.14. The summed E-state index contributed by atoms with van der Waals surface area (Å²) < 4.78 is 5.31. The third-order valence-electron chi connectivity index (χ3n) is 2.94. The summed E-state index contributed by atoms with van der Waals surface area (Å²) >= 11 is 0. The van der Waals surface area contributed by atoms with Crippen LogP contribution in [0.3, 0.4) is 0 Å². The van der Waals surface area contributed by atoms with E-state index in [1.165, 1.54) is 12.1 Å². The van der Waals surface area contributed by atoms with E-state index >= 15 is 0 Å². The Kier molecular flexibility index (Phi) is 4.89. The molecule has 0 aliphatic heterocycles. The second kappa shape index (κ2) is 7.04. The Labute approximate surface area is 127 Å². The first-order valence-corrected chi connectivity index (χ1v) is 6.55. The summed E-state index contributed by atoms with van der Waals surface area (Å²) in [4.78, 5) is 22.7. The van der Waals surface area contributed by atoms with Gasteiger partial charge in [0.15, 0.2) is 5.78 Å². The van der Waals surface area contributed by atoms with Crippen molar-refractivity contribution in [2.45, 2.75) is 6.42 Å². The van der Waals surface area contributed by atoms with Crippen LogP contribution in [-0.2, 0) is 11.2 Å². The highest BCUT2D eigenvalue weighted by molar-refractivity contribution is 5.88. The number of carboxylic acid groups (broad SMARTS) is 1. The molecule has 2 aromatic carbocycles. The van der Waals surface area contributed by atoms with Gasteiger partial charge < -0.3 is 9.84 Å². The molecule has 0 heterocycles. The SMILES string of the molecule is N#Cc1cccc(CC(=O)COc2cccc(C(=O)O)c2)c1. The van der Waals surface area contributed by atoms with E-state index in [0.29, 0.717) is 11.3 Å². The van der Waals surface area contributed by atoms with Gasteiger partial charge in [0.05, 0.1) is 17.2 Å². The molecular weight excluding hydrogens is 282 g/mol. The van der Waals surface area contributed by atoms with Gasteiger partial charge in [0.2, 0.25) is 0 Å². The second-order valence-corrected chi connectivity index (χ2v) is 4.65. The van der Waals surface area contributed by atoms with Crippen molar-refractivity contribution < 1.29 is 19.4 Å². The van der Waals surface area contributed by atoms with Crippen LogP contribution in [0.1, 0.15) is 21.5 Å². The van der Waals surface area contributed by atoms with Crippen LogP contribution in [0.2, 0.25) is 0 Å². The zero-order chi connectivity index (χ0) is 15.9. The van der Waals surface area contributed by atoms with Crippen LogP contribution in [-0.4, -0.2) is 23.5 Å². The van der Waals surface area contributed by atoms with E-state index < -0.39 is 5.97 Å². The minimum absolute atomic E-state index is 0.103. The maximum atomic E-state index is 11.9. The standard InChI is InChI=1S/C17H13NO4/c18-10-13-4-1-3-12(7-13)8-15(19)11-22-16-6-2-5-14(9-16)17(20)21/h1-7,9H,8,11H2,(H,20,21). The van der Waals surface area contributed by atoms with Gasteiger partial charge in [-0.25, -0.2) is 4.79 Å². The average molecular weight is 295 g/mol.